The van der Waals surface area contributed by atoms with E-state index in [1.165, 1.54) is 11.6 Å². The van der Waals surface area contributed by atoms with E-state index in [4.69, 9.17) is 0 Å². The molecule has 0 heterocycles. The second-order valence-corrected chi connectivity index (χ2v) is 5.61. The van der Waals surface area contributed by atoms with E-state index >= 15 is 0 Å². The molecule has 2 rings (SSSR count). The summed E-state index contributed by atoms with van der Waals surface area (Å²) in [6.45, 7) is 1.41. The fourth-order valence-corrected chi connectivity index (χ4v) is 2.64. The second-order valence-electron chi connectivity index (χ2n) is 4.75. The topological polar surface area (TPSA) is 15.3 Å². The minimum Gasteiger partial charge on any atom is -0.370 e. The van der Waals surface area contributed by atoms with Crippen LogP contribution >= 0.6 is 15.9 Å². The van der Waals surface area contributed by atoms with Gasteiger partial charge in [-0.25, -0.2) is 4.39 Å². The second kappa shape index (κ2) is 6.86. The first-order chi connectivity index (χ1) is 9.61. The van der Waals surface area contributed by atoms with Gasteiger partial charge >= 0.3 is 0 Å². The van der Waals surface area contributed by atoms with Gasteiger partial charge < -0.3 is 10.2 Å². The molecule has 0 aromatic heterocycles. The molecule has 0 radical (unpaired) electrons. The molecule has 0 unspecified atom stereocenters. The Hall–Kier alpha value is -1.39. The Morgan fingerprint density at radius 1 is 1.15 bits per heavy atom. The summed E-state index contributed by atoms with van der Waals surface area (Å²) in [5, 5.41) is 3.08. The van der Waals surface area contributed by atoms with E-state index in [-0.39, 0.29) is 5.82 Å². The molecule has 2 aromatic rings. The van der Waals surface area contributed by atoms with Gasteiger partial charge in [0.15, 0.2) is 0 Å². The summed E-state index contributed by atoms with van der Waals surface area (Å²) in [6.07, 6.45) is 0. The lowest BCUT2D eigenvalue weighted by atomic mass is 10.1. The molecule has 0 amide bonds. The van der Waals surface area contributed by atoms with E-state index in [0.29, 0.717) is 6.54 Å². The van der Waals surface area contributed by atoms with Gasteiger partial charge in [-0.1, -0.05) is 34.1 Å². The molecular weight excluding hydrogens is 319 g/mol. The van der Waals surface area contributed by atoms with Crippen molar-refractivity contribution in [3.8, 4) is 0 Å². The van der Waals surface area contributed by atoms with Crippen LogP contribution in [0.4, 0.5) is 10.1 Å². The monoisotopic (exact) mass is 336 g/mol. The van der Waals surface area contributed by atoms with Crippen molar-refractivity contribution in [2.45, 2.75) is 13.1 Å². The van der Waals surface area contributed by atoms with Crippen molar-refractivity contribution in [1.29, 1.82) is 0 Å². The lowest BCUT2D eigenvalue weighted by Crippen LogP contribution is -2.20. The highest BCUT2D eigenvalue weighted by Crippen LogP contribution is 2.24. The third kappa shape index (κ3) is 3.58. The van der Waals surface area contributed by atoms with Crippen LogP contribution in [0.15, 0.2) is 46.9 Å². The van der Waals surface area contributed by atoms with Crippen molar-refractivity contribution in [3.63, 3.8) is 0 Å². The lowest BCUT2D eigenvalue weighted by molar-refractivity contribution is 0.623. The molecule has 0 atom stereocenters. The van der Waals surface area contributed by atoms with Crippen molar-refractivity contribution in [2.75, 3.05) is 19.0 Å². The van der Waals surface area contributed by atoms with Crippen LogP contribution < -0.4 is 10.2 Å². The van der Waals surface area contributed by atoms with E-state index in [1.807, 2.05) is 38.4 Å². The first-order valence-corrected chi connectivity index (χ1v) is 7.28. The fourth-order valence-electron chi connectivity index (χ4n) is 2.23. The maximum Gasteiger partial charge on any atom is 0.123 e. The zero-order valence-electron chi connectivity index (χ0n) is 11.7. The van der Waals surface area contributed by atoms with Gasteiger partial charge in [-0.05, 0) is 42.4 Å². The molecule has 0 spiro atoms. The summed E-state index contributed by atoms with van der Waals surface area (Å²) in [5.74, 6) is -0.201. The third-order valence-corrected chi connectivity index (χ3v) is 3.96. The largest absolute Gasteiger partial charge is 0.370 e. The highest BCUT2D eigenvalue weighted by atomic mass is 79.9. The maximum atomic E-state index is 13.4. The van der Waals surface area contributed by atoms with E-state index in [2.05, 4.69) is 32.2 Å². The van der Waals surface area contributed by atoms with Crippen molar-refractivity contribution in [2.24, 2.45) is 0 Å². The predicted octanol–water partition coefficient (Wildman–Crippen LogP) is 3.94. The molecule has 0 aliphatic rings. The molecule has 106 valence electrons. The van der Waals surface area contributed by atoms with Gasteiger partial charge in [0.1, 0.15) is 5.82 Å². The van der Waals surface area contributed by atoms with Gasteiger partial charge in [0.25, 0.3) is 0 Å². The average molecular weight is 337 g/mol. The predicted molar refractivity (Wildman–Crippen MR) is 85.4 cm³/mol. The first-order valence-electron chi connectivity index (χ1n) is 6.49. The minimum absolute atomic E-state index is 0.201. The first kappa shape index (κ1) is 15.0. The van der Waals surface area contributed by atoms with Crippen LogP contribution in [0.3, 0.4) is 0 Å². The van der Waals surface area contributed by atoms with Crippen molar-refractivity contribution in [1.82, 2.24) is 5.32 Å². The SMILES string of the molecule is CNCc1cc(F)ccc1N(C)Cc1ccccc1Br. The van der Waals surface area contributed by atoms with E-state index in [1.54, 1.807) is 6.07 Å². The Morgan fingerprint density at radius 2 is 1.90 bits per heavy atom. The quantitative estimate of drug-likeness (QED) is 0.889. The molecular formula is C16H18BrFN2. The highest BCUT2D eigenvalue weighted by molar-refractivity contribution is 9.10. The van der Waals surface area contributed by atoms with Crippen molar-refractivity contribution < 1.29 is 4.39 Å². The van der Waals surface area contributed by atoms with Gasteiger partial charge in [-0.2, -0.15) is 0 Å². The van der Waals surface area contributed by atoms with E-state index in [9.17, 15) is 4.39 Å². The Bertz CT molecular complexity index is 586. The number of nitrogens with one attached hydrogen (secondary N) is 1. The molecule has 0 aliphatic carbocycles. The normalized spacial score (nSPS) is 10.6. The van der Waals surface area contributed by atoms with E-state index < -0.39 is 0 Å². The summed E-state index contributed by atoms with van der Waals surface area (Å²) in [5.41, 5.74) is 3.20. The molecule has 20 heavy (non-hydrogen) atoms. The molecule has 0 saturated heterocycles. The van der Waals surface area contributed by atoms with Gasteiger partial charge in [0, 0.05) is 30.3 Å². The van der Waals surface area contributed by atoms with Crippen molar-refractivity contribution >= 4 is 21.6 Å². The van der Waals surface area contributed by atoms with Crippen LogP contribution in [0.2, 0.25) is 0 Å². The number of hydrogen-bond acceptors (Lipinski definition) is 2. The van der Waals surface area contributed by atoms with Crippen LogP contribution in [0, 0.1) is 5.82 Å². The number of anilines is 1. The smallest absolute Gasteiger partial charge is 0.123 e. The Morgan fingerprint density at radius 3 is 2.60 bits per heavy atom. The van der Waals surface area contributed by atoms with Crippen LogP contribution in [0.25, 0.3) is 0 Å². The summed E-state index contributed by atoms with van der Waals surface area (Å²) in [7, 11) is 3.88. The number of benzene rings is 2. The molecule has 1 N–H and O–H groups in total. The molecule has 2 aromatic carbocycles. The maximum absolute atomic E-state index is 13.4. The molecule has 4 heteroatoms. The van der Waals surface area contributed by atoms with Crippen LogP contribution in [0.1, 0.15) is 11.1 Å². The molecule has 0 bridgehead atoms. The lowest BCUT2D eigenvalue weighted by Gasteiger charge is -2.23. The highest BCUT2D eigenvalue weighted by Gasteiger charge is 2.10. The number of halogens is 2. The average Bonchev–Trinajstić information content (AvgIpc) is 2.42. The zero-order chi connectivity index (χ0) is 14.5. The Balaban J connectivity index is 2.25. The standard InChI is InChI=1S/C16H18BrFN2/c1-19-10-13-9-14(18)7-8-16(13)20(2)11-12-5-3-4-6-15(12)17/h3-9,19H,10-11H2,1-2H3. The Labute approximate surface area is 127 Å². The number of hydrogen-bond donors (Lipinski definition) is 1. The summed E-state index contributed by atoms with van der Waals surface area (Å²) >= 11 is 3.56. The molecule has 0 saturated carbocycles. The summed E-state index contributed by atoms with van der Waals surface area (Å²) in [6, 6.07) is 13.1. The fraction of sp³-hybridized carbons (Fsp3) is 0.250. The zero-order valence-corrected chi connectivity index (χ0v) is 13.2. The van der Waals surface area contributed by atoms with Crippen molar-refractivity contribution in [3.05, 3.63) is 63.9 Å². The summed E-state index contributed by atoms with van der Waals surface area (Å²) < 4.78 is 14.5. The van der Waals surface area contributed by atoms with Crippen LogP contribution in [-0.4, -0.2) is 14.1 Å². The van der Waals surface area contributed by atoms with Gasteiger partial charge in [0.2, 0.25) is 0 Å². The van der Waals surface area contributed by atoms with Crippen LogP contribution in [0.5, 0.6) is 0 Å². The van der Waals surface area contributed by atoms with Gasteiger partial charge in [0.05, 0.1) is 0 Å². The number of nitrogens with zero attached hydrogens (tertiary/aromatic N) is 1. The van der Waals surface area contributed by atoms with Gasteiger partial charge in [-0.15, -0.1) is 0 Å². The molecule has 0 fully saturated rings. The number of rotatable bonds is 5. The third-order valence-electron chi connectivity index (χ3n) is 3.19. The molecule has 2 nitrogen and oxygen atoms in total. The van der Waals surface area contributed by atoms with Crippen LogP contribution in [-0.2, 0) is 13.1 Å². The minimum atomic E-state index is -0.201. The van der Waals surface area contributed by atoms with E-state index in [0.717, 1.165) is 22.3 Å². The summed E-state index contributed by atoms with van der Waals surface area (Å²) in [4.78, 5) is 2.13. The van der Waals surface area contributed by atoms with Gasteiger partial charge in [-0.3, -0.25) is 0 Å². The molecule has 0 aliphatic heterocycles. The Kier molecular flexibility index (Phi) is 5.15.